The lowest BCUT2D eigenvalue weighted by atomic mass is 9.99. The Balaban J connectivity index is 2.81. The lowest BCUT2D eigenvalue weighted by Gasteiger charge is -2.27. The molecule has 0 aliphatic heterocycles. The van der Waals surface area contributed by atoms with E-state index in [1.807, 2.05) is 20.8 Å². The van der Waals surface area contributed by atoms with Gasteiger partial charge < -0.3 is 10.1 Å². The van der Waals surface area contributed by atoms with E-state index in [9.17, 15) is 10.1 Å². The molecule has 0 saturated heterocycles. The van der Waals surface area contributed by atoms with Crippen molar-refractivity contribution in [2.45, 2.75) is 38.8 Å². The van der Waals surface area contributed by atoms with Gasteiger partial charge in [-0.1, -0.05) is 11.6 Å². The van der Waals surface area contributed by atoms with E-state index in [0.717, 1.165) is 6.42 Å². The molecule has 19 heavy (non-hydrogen) atoms. The van der Waals surface area contributed by atoms with E-state index in [4.69, 9.17) is 16.3 Å². The van der Waals surface area contributed by atoms with Crippen LogP contribution in [0.15, 0.2) is 18.2 Å². The van der Waals surface area contributed by atoms with E-state index in [1.54, 1.807) is 7.11 Å². The molecule has 0 radical (unpaired) electrons. The maximum atomic E-state index is 10.7. The van der Waals surface area contributed by atoms with Crippen molar-refractivity contribution in [1.82, 2.24) is 0 Å². The minimum atomic E-state index is -0.439. The average molecular weight is 287 g/mol. The molecular formula is C13H19ClN2O3. The van der Waals surface area contributed by atoms with Crippen LogP contribution >= 0.6 is 11.6 Å². The van der Waals surface area contributed by atoms with Gasteiger partial charge in [0.2, 0.25) is 0 Å². The van der Waals surface area contributed by atoms with E-state index in [2.05, 4.69) is 5.32 Å². The smallest absolute Gasteiger partial charge is 0.271 e. The predicted molar refractivity (Wildman–Crippen MR) is 76.9 cm³/mol. The predicted octanol–water partition coefficient (Wildman–Crippen LogP) is 3.86. The molecule has 0 saturated carbocycles. The molecule has 0 bridgehead atoms. The second-order valence-electron chi connectivity index (χ2n) is 5.13. The summed E-state index contributed by atoms with van der Waals surface area (Å²) in [7, 11) is 1.66. The van der Waals surface area contributed by atoms with Crippen molar-refractivity contribution in [3.63, 3.8) is 0 Å². The number of nitro groups is 1. The van der Waals surface area contributed by atoms with Gasteiger partial charge in [0.15, 0.2) is 0 Å². The Bertz CT molecular complexity index is 463. The van der Waals surface area contributed by atoms with Crippen molar-refractivity contribution < 1.29 is 9.66 Å². The molecule has 0 heterocycles. The number of nitrogens with one attached hydrogen (secondary N) is 1. The third-order valence-electron chi connectivity index (χ3n) is 2.91. The lowest BCUT2D eigenvalue weighted by Crippen LogP contribution is -2.31. The largest absolute Gasteiger partial charge is 0.381 e. The molecule has 106 valence electrons. The molecule has 0 fully saturated rings. The van der Waals surface area contributed by atoms with Crippen LogP contribution in [0.4, 0.5) is 11.4 Å². The minimum Gasteiger partial charge on any atom is -0.381 e. The third kappa shape index (κ3) is 4.69. The molecule has 5 nitrogen and oxygen atoms in total. The molecular weight excluding hydrogens is 268 g/mol. The van der Waals surface area contributed by atoms with Crippen LogP contribution in [-0.2, 0) is 4.74 Å². The summed E-state index contributed by atoms with van der Waals surface area (Å²) >= 11 is 6.03. The molecule has 1 atom stereocenters. The highest BCUT2D eigenvalue weighted by Gasteiger charge is 2.21. The number of benzene rings is 1. The highest BCUT2D eigenvalue weighted by atomic mass is 35.5. The van der Waals surface area contributed by atoms with Gasteiger partial charge in [-0.3, -0.25) is 10.1 Å². The van der Waals surface area contributed by atoms with Gasteiger partial charge in [-0.2, -0.15) is 0 Å². The van der Waals surface area contributed by atoms with E-state index in [0.29, 0.717) is 10.7 Å². The molecule has 0 aromatic heterocycles. The van der Waals surface area contributed by atoms with Crippen LogP contribution in [-0.4, -0.2) is 23.7 Å². The number of halogens is 1. The van der Waals surface area contributed by atoms with Gasteiger partial charge >= 0.3 is 0 Å². The molecule has 0 aliphatic carbocycles. The zero-order valence-electron chi connectivity index (χ0n) is 11.6. The topological polar surface area (TPSA) is 64.4 Å². The zero-order chi connectivity index (χ0) is 14.6. The summed E-state index contributed by atoms with van der Waals surface area (Å²) < 4.78 is 5.36. The minimum absolute atomic E-state index is 0.0186. The average Bonchev–Trinajstić information content (AvgIpc) is 2.31. The fraction of sp³-hybridized carbons (Fsp3) is 0.538. The van der Waals surface area contributed by atoms with Crippen molar-refractivity contribution in [3.05, 3.63) is 33.3 Å². The number of nitro benzene ring substituents is 1. The fourth-order valence-corrected chi connectivity index (χ4v) is 2.05. The normalized spacial score (nSPS) is 13.1. The van der Waals surface area contributed by atoms with Crippen molar-refractivity contribution >= 4 is 23.0 Å². The van der Waals surface area contributed by atoms with Gasteiger partial charge in [0, 0.05) is 25.3 Å². The molecule has 0 spiro atoms. The second-order valence-corrected chi connectivity index (χ2v) is 5.54. The van der Waals surface area contributed by atoms with Crippen LogP contribution in [0.2, 0.25) is 5.02 Å². The molecule has 0 aliphatic rings. The van der Waals surface area contributed by atoms with Crippen LogP contribution in [0.3, 0.4) is 0 Å². The monoisotopic (exact) mass is 286 g/mol. The Morgan fingerprint density at radius 3 is 2.68 bits per heavy atom. The molecule has 6 heteroatoms. The first-order valence-electron chi connectivity index (χ1n) is 6.01. The Morgan fingerprint density at radius 2 is 2.16 bits per heavy atom. The maximum Gasteiger partial charge on any atom is 0.271 e. The maximum absolute atomic E-state index is 10.7. The van der Waals surface area contributed by atoms with Gasteiger partial charge in [-0.05, 0) is 33.3 Å². The number of hydrogen-bond donors (Lipinski definition) is 1. The Kier molecular flexibility index (Phi) is 5.14. The Hall–Kier alpha value is -1.33. The van der Waals surface area contributed by atoms with Crippen molar-refractivity contribution in [2.24, 2.45) is 0 Å². The quantitative estimate of drug-likeness (QED) is 0.637. The summed E-state index contributed by atoms with van der Waals surface area (Å²) in [5.41, 5.74) is 0.319. The summed E-state index contributed by atoms with van der Waals surface area (Å²) in [4.78, 5) is 10.3. The fourth-order valence-electron chi connectivity index (χ4n) is 1.87. The number of non-ortho nitro benzene ring substituents is 1. The molecule has 1 rings (SSSR count). The van der Waals surface area contributed by atoms with Crippen LogP contribution in [0.1, 0.15) is 27.2 Å². The molecule has 0 amide bonds. The van der Waals surface area contributed by atoms with Crippen molar-refractivity contribution in [2.75, 3.05) is 12.4 Å². The van der Waals surface area contributed by atoms with Gasteiger partial charge in [-0.25, -0.2) is 0 Å². The van der Waals surface area contributed by atoms with Crippen LogP contribution < -0.4 is 5.32 Å². The van der Waals surface area contributed by atoms with Crippen LogP contribution in [0, 0.1) is 10.1 Å². The SMILES string of the molecule is COC(C)(C)CC(C)Nc1cc([N+](=O)[O-])ccc1Cl. The third-order valence-corrected chi connectivity index (χ3v) is 3.24. The van der Waals surface area contributed by atoms with Crippen LogP contribution in [0.25, 0.3) is 0 Å². The second kappa shape index (κ2) is 6.21. The first kappa shape index (κ1) is 15.7. The molecule has 1 aromatic carbocycles. The standard InChI is InChI=1S/C13H19ClN2O3/c1-9(8-13(2,3)19-4)15-12-7-10(16(17)18)5-6-11(12)14/h5-7,9,15H,8H2,1-4H3. The van der Waals surface area contributed by atoms with Gasteiger partial charge in [0.05, 0.1) is 21.2 Å². The Morgan fingerprint density at radius 1 is 1.53 bits per heavy atom. The highest BCUT2D eigenvalue weighted by molar-refractivity contribution is 6.33. The number of nitrogens with zero attached hydrogens (tertiary/aromatic N) is 1. The van der Waals surface area contributed by atoms with E-state index in [-0.39, 0.29) is 17.3 Å². The van der Waals surface area contributed by atoms with Crippen molar-refractivity contribution in [3.8, 4) is 0 Å². The number of ether oxygens (including phenoxy) is 1. The summed E-state index contributed by atoms with van der Waals surface area (Å²) in [6.07, 6.45) is 0.753. The summed E-state index contributed by atoms with van der Waals surface area (Å²) in [5, 5.41) is 14.4. The molecule has 1 unspecified atom stereocenters. The molecule has 1 aromatic rings. The lowest BCUT2D eigenvalue weighted by molar-refractivity contribution is -0.384. The summed E-state index contributed by atoms with van der Waals surface area (Å²) in [5.74, 6) is 0. The first-order chi connectivity index (χ1) is 8.75. The number of rotatable bonds is 6. The van der Waals surface area contributed by atoms with E-state index < -0.39 is 4.92 Å². The van der Waals surface area contributed by atoms with Gasteiger partial charge in [0.1, 0.15) is 0 Å². The molecule has 1 N–H and O–H groups in total. The van der Waals surface area contributed by atoms with Crippen molar-refractivity contribution in [1.29, 1.82) is 0 Å². The van der Waals surface area contributed by atoms with Gasteiger partial charge in [0.25, 0.3) is 5.69 Å². The number of anilines is 1. The van der Waals surface area contributed by atoms with E-state index in [1.165, 1.54) is 18.2 Å². The van der Waals surface area contributed by atoms with Crippen LogP contribution in [0.5, 0.6) is 0 Å². The highest BCUT2D eigenvalue weighted by Crippen LogP contribution is 2.28. The van der Waals surface area contributed by atoms with E-state index >= 15 is 0 Å². The Labute approximate surface area is 118 Å². The van der Waals surface area contributed by atoms with Gasteiger partial charge in [-0.15, -0.1) is 0 Å². The zero-order valence-corrected chi connectivity index (χ0v) is 12.3. The summed E-state index contributed by atoms with van der Waals surface area (Å²) in [6, 6.07) is 4.43. The first-order valence-corrected chi connectivity index (χ1v) is 6.38. The number of hydrogen-bond acceptors (Lipinski definition) is 4. The number of methoxy groups -OCH3 is 1. The summed E-state index contributed by atoms with van der Waals surface area (Å²) in [6.45, 7) is 5.95.